The molecule has 1 aliphatic heterocycles. The van der Waals surface area contributed by atoms with Crippen molar-refractivity contribution in [3.63, 3.8) is 0 Å². The Bertz CT molecular complexity index is 285. The van der Waals surface area contributed by atoms with Gasteiger partial charge < -0.3 is 5.32 Å². The van der Waals surface area contributed by atoms with Crippen molar-refractivity contribution in [1.82, 2.24) is 9.97 Å². The molecule has 2 rings (SSSR count). The fourth-order valence-corrected chi connectivity index (χ4v) is 2.52. The number of nitrogens with zero attached hydrogens (tertiary/aromatic N) is 2. The maximum Gasteiger partial charge on any atom is 0.222 e. The Morgan fingerprint density at radius 2 is 1.93 bits per heavy atom. The predicted octanol–water partition coefficient (Wildman–Crippen LogP) is 1.92. The molecular formula is C9H12FN3S. The first-order valence-corrected chi connectivity index (χ1v) is 5.82. The quantitative estimate of drug-likeness (QED) is 0.814. The van der Waals surface area contributed by atoms with Crippen molar-refractivity contribution in [2.75, 3.05) is 16.8 Å². The third-order valence-corrected chi connectivity index (χ3v) is 3.22. The van der Waals surface area contributed by atoms with Gasteiger partial charge in [0.2, 0.25) is 5.95 Å². The van der Waals surface area contributed by atoms with Crippen LogP contribution in [0.2, 0.25) is 0 Å². The van der Waals surface area contributed by atoms with Crippen molar-refractivity contribution in [3.05, 3.63) is 18.2 Å². The Kier molecular flexibility index (Phi) is 3.18. The van der Waals surface area contributed by atoms with E-state index in [1.54, 1.807) is 0 Å². The van der Waals surface area contributed by atoms with Gasteiger partial charge in [0.1, 0.15) is 0 Å². The average molecular weight is 213 g/mol. The number of nitrogens with one attached hydrogen (secondary N) is 1. The van der Waals surface area contributed by atoms with Crippen molar-refractivity contribution >= 4 is 17.7 Å². The highest BCUT2D eigenvalue weighted by molar-refractivity contribution is 7.99. The molecule has 1 fully saturated rings. The highest BCUT2D eigenvalue weighted by Gasteiger charge is 2.13. The van der Waals surface area contributed by atoms with Crippen LogP contribution in [0.4, 0.5) is 10.3 Å². The second-order valence-electron chi connectivity index (χ2n) is 3.26. The molecule has 2 heterocycles. The van der Waals surface area contributed by atoms with E-state index in [9.17, 15) is 4.39 Å². The molecule has 14 heavy (non-hydrogen) atoms. The standard InChI is InChI=1S/C9H12FN3S/c10-7-5-11-9(12-6-7)13-8-1-3-14-4-2-8/h5-6,8H,1-4H2,(H,11,12,13). The maximum atomic E-state index is 12.5. The summed E-state index contributed by atoms with van der Waals surface area (Å²) in [4.78, 5) is 7.74. The van der Waals surface area contributed by atoms with Crippen LogP contribution in [-0.2, 0) is 0 Å². The molecule has 0 amide bonds. The molecular weight excluding hydrogens is 201 g/mol. The summed E-state index contributed by atoms with van der Waals surface area (Å²) in [5.74, 6) is 2.50. The summed E-state index contributed by atoms with van der Waals surface area (Å²) in [6, 6.07) is 0.446. The summed E-state index contributed by atoms with van der Waals surface area (Å²) in [5.41, 5.74) is 0. The molecule has 0 aromatic carbocycles. The van der Waals surface area contributed by atoms with Gasteiger partial charge in [0.15, 0.2) is 5.82 Å². The molecule has 1 aromatic heterocycles. The number of rotatable bonds is 2. The molecule has 1 aliphatic rings. The fourth-order valence-electron chi connectivity index (χ4n) is 1.41. The van der Waals surface area contributed by atoms with Gasteiger partial charge in [-0.2, -0.15) is 11.8 Å². The third kappa shape index (κ3) is 2.57. The van der Waals surface area contributed by atoms with E-state index < -0.39 is 5.82 Å². The van der Waals surface area contributed by atoms with E-state index in [4.69, 9.17) is 0 Å². The topological polar surface area (TPSA) is 37.8 Å². The van der Waals surface area contributed by atoms with Crippen LogP contribution in [-0.4, -0.2) is 27.5 Å². The number of halogens is 1. The molecule has 1 N–H and O–H groups in total. The minimum atomic E-state index is -0.394. The summed E-state index contributed by atoms with van der Waals surface area (Å²) in [6.07, 6.45) is 4.64. The molecule has 0 atom stereocenters. The Morgan fingerprint density at radius 3 is 2.57 bits per heavy atom. The predicted molar refractivity (Wildman–Crippen MR) is 56.0 cm³/mol. The Labute approximate surface area is 86.5 Å². The van der Waals surface area contributed by atoms with Crippen molar-refractivity contribution < 1.29 is 4.39 Å². The van der Waals surface area contributed by atoms with Gasteiger partial charge in [-0.15, -0.1) is 0 Å². The van der Waals surface area contributed by atoms with Crippen molar-refractivity contribution in [1.29, 1.82) is 0 Å². The van der Waals surface area contributed by atoms with Gasteiger partial charge in [-0.3, -0.25) is 0 Å². The number of aromatic nitrogens is 2. The van der Waals surface area contributed by atoms with Crippen LogP contribution in [0, 0.1) is 5.82 Å². The molecule has 5 heteroatoms. The number of thioether (sulfide) groups is 1. The number of hydrogen-bond donors (Lipinski definition) is 1. The number of anilines is 1. The SMILES string of the molecule is Fc1cnc(NC2CCSCC2)nc1. The Balaban J connectivity index is 1.92. The van der Waals surface area contributed by atoms with E-state index in [2.05, 4.69) is 15.3 Å². The minimum absolute atomic E-state index is 0.394. The van der Waals surface area contributed by atoms with Crippen LogP contribution in [0.5, 0.6) is 0 Å². The highest BCUT2D eigenvalue weighted by Crippen LogP contribution is 2.19. The zero-order chi connectivity index (χ0) is 9.80. The van der Waals surface area contributed by atoms with Crippen molar-refractivity contribution in [2.24, 2.45) is 0 Å². The van der Waals surface area contributed by atoms with E-state index in [1.165, 1.54) is 23.9 Å². The first-order chi connectivity index (χ1) is 6.84. The van der Waals surface area contributed by atoms with Gasteiger partial charge >= 0.3 is 0 Å². The van der Waals surface area contributed by atoms with Gasteiger partial charge in [-0.1, -0.05) is 0 Å². The summed E-state index contributed by atoms with van der Waals surface area (Å²) < 4.78 is 12.5. The van der Waals surface area contributed by atoms with Crippen molar-refractivity contribution in [3.8, 4) is 0 Å². The molecule has 3 nitrogen and oxygen atoms in total. The van der Waals surface area contributed by atoms with Crippen LogP contribution in [0.25, 0.3) is 0 Å². The number of hydrogen-bond acceptors (Lipinski definition) is 4. The van der Waals surface area contributed by atoms with Crippen LogP contribution < -0.4 is 5.32 Å². The molecule has 0 bridgehead atoms. The normalized spacial score (nSPS) is 18.1. The first kappa shape index (κ1) is 9.71. The summed E-state index contributed by atoms with van der Waals surface area (Å²) in [6.45, 7) is 0. The lowest BCUT2D eigenvalue weighted by Crippen LogP contribution is -2.25. The first-order valence-electron chi connectivity index (χ1n) is 4.66. The van der Waals surface area contributed by atoms with Gasteiger partial charge in [0.05, 0.1) is 12.4 Å². The van der Waals surface area contributed by atoms with E-state index in [1.807, 2.05) is 11.8 Å². The molecule has 1 saturated heterocycles. The van der Waals surface area contributed by atoms with Crippen LogP contribution in [0.1, 0.15) is 12.8 Å². The van der Waals surface area contributed by atoms with Gasteiger partial charge in [0.25, 0.3) is 0 Å². The fraction of sp³-hybridized carbons (Fsp3) is 0.556. The smallest absolute Gasteiger partial charge is 0.222 e. The molecule has 1 aromatic rings. The third-order valence-electron chi connectivity index (χ3n) is 2.17. The summed E-state index contributed by atoms with van der Waals surface area (Å²) >= 11 is 1.97. The Hall–Kier alpha value is -0.840. The van der Waals surface area contributed by atoms with Crippen LogP contribution in [0.15, 0.2) is 12.4 Å². The lowest BCUT2D eigenvalue weighted by molar-refractivity contribution is 0.610. The van der Waals surface area contributed by atoms with Gasteiger partial charge in [-0.25, -0.2) is 14.4 Å². The second kappa shape index (κ2) is 4.59. The second-order valence-corrected chi connectivity index (χ2v) is 4.48. The van der Waals surface area contributed by atoms with E-state index in [0.29, 0.717) is 12.0 Å². The minimum Gasteiger partial charge on any atom is -0.351 e. The summed E-state index contributed by atoms with van der Waals surface area (Å²) in [7, 11) is 0. The maximum absolute atomic E-state index is 12.5. The van der Waals surface area contributed by atoms with E-state index in [0.717, 1.165) is 12.8 Å². The van der Waals surface area contributed by atoms with Crippen molar-refractivity contribution in [2.45, 2.75) is 18.9 Å². The summed E-state index contributed by atoms with van der Waals surface area (Å²) in [5, 5.41) is 3.21. The molecule has 76 valence electrons. The lowest BCUT2D eigenvalue weighted by Gasteiger charge is -2.22. The monoisotopic (exact) mass is 213 g/mol. The van der Waals surface area contributed by atoms with Crippen LogP contribution in [0.3, 0.4) is 0 Å². The zero-order valence-corrected chi connectivity index (χ0v) is 8.56. The Morgan fingerprint density at radius 1 is 1.29 bits per heavy atom. The molecule has 0 radical (unpaired) electrons. The average Bonchev–Trinajstić information content (AvgIpc) is 2.23. The zero-order valence-electron chi connectivity index (χ0n) is 7.74. The van der Waals surface area contributed by atoms with Gasteiger partial charge in [-0.05, 0) is 24.3 Å². The largest absolute Gasteiger partial charge is 0.351 e. The van der Waals surface area contributed by atoms with Crippen LogP contribution >= 0.6 is 11.8 Å². The van der Waals surface area contributed by atoms with E-state index in [-0.39, 0.29) is 0 Å². The van der Waals surface area contributed by atoms with Gasteiger partial charge in [0, 0.05) is 6.04 Å². The molecule has 0 spiro atoms. The molecule has 0 saturated carbocycles. The highest BCUT2D eigenvalue weighted by atomic mass is 32.2. The lowest BCUT2D eigenvalue weighted by atomic mass is 10.2. The molecule has 0 aliphatic carbocycles. The molecule has 0 unspecified atom stereocenters. The van der Waals surface area contributed by atoms with E-state index >= 15 is 0 Å².